The average Bonchev–Trinajstić information content (AvgIpc) is 2.15. The molecule has 0 heterocycles. The first-order valence-electron chi connectivity index (χ1n) is 4.34. The van der Waals surface area contributed by atoms with Crippen LogP contribution in [-0.2, 0) is 10.2 Å². The van der Waals surface area contributed by atoms with E-state index in [0.29, 0.717) is 5.02 Å². The number of hydrogen-bond donors (Lipinski definition) is 1. The van der Waals surface area contributed by atoms with E-state index in [1.807, 2.05) is 0 Å². The Bertz CT molecular complexity index is 447. The molecule has 1 rings (SSSR count). The lowest BCUT2D eigenvalue weighted by Gasteiger charge is -2.22. The molecule has 0 spiro atoms. The van der Waals surface area contributed by atoms with Gasteiger partial charge in [0.2, 0.25) is 0 Å². The van der Waals surface area contributed by atoms with Gasteiger partial charge in [0.1, 0.15) is 0 Å². The first-order valence-corrected chi connectivity index (χ1v) is 6.22. The summed E-state index contributed by atoms with van der Waals surface area (Å²) in [6, 6.07) is 6.69. The number of benzene rings is 1. The van der Waals surface area contributed by atoms with Gasteiger partial charge in [-0.3, -0.25) is 0 Å². The fourth-order valence-electron chi connectivity index (χ4n) is 1.23. The summed E-state index contributed by atoms with van der Waals surface area (Å²) in [6.07, 6.45) is 0. The van der Waals surface area contributed by atoms with Gasteiger partial charge in [-0.05, 0) is 18.6 Å². The van der Waals surface area contributed by atoms with E-state index >= 15 is 0 Å². The van der Waals surface area contributed by atoms with Gasteiger partial charge in [0, 0.05) is 18.1 Å². The van der Waals surface area contributed by atoms with E-state index in [1.165, 1.54) is 7.05 Å². The molecule has 0 fully saturated rings. The van der Waals surface area contributed by atoms with Crippen LogP contribution in [0.5, 0.6) is 0 Å². The van der Waals surface area contributed by atoms with Crippen LogP contribution in [-0.4, -0.2) is 19.8 Å². The molecule has 1 atom stereocenters. The van der Waals surface area contributed by atoms with E-state index in [0.717, 1.165) is 9.87 Å². The van der Waals surface area contributed by atoms with E-state index < -0.39 is 10.2 Å². The highest BCUT2D eigenvalue weighted by Crippen LogP contribution is 2.26. The highest BCUT2D eigenvalue weighted by atomic mass is 35.5. The standard InChI is InChI=1S/C9H13ClN2O2S/c1-7(12(2)15(11,13)14)8-5-3-4-6-9(8)10/h3-7H,1-2H3,(H2,11,13,14). The smallest absolute Gasteiger partial charge is 0.216 e. The summed E-state index contributed by atoms with van der Waals surface area (Å²) in [5.41, 5.74) is 0.732. The zero-order valence-corrected chi connectivity index (χ0v) is 10.1. The number of rotatable bonds is 3. The lowest BCUT2D eigenvalue weighted by Crippen LogP contribution is -2.35. The van der Waals surface area contributed by atoms with Crippen LogP contribution in [0, 0.1) is 0 Å². The molecule has 0 saturated carbocycles. The molecule has 0 aliphatic heterocycles. The normalized spacial score (nSPS) is 14.2. The summed E-state index contributed by atoms with van der Waals surface area (Å²) in [7, 11) is -2.27. The van der Waals surface area contributed by atoms with Crippen LogP contribution in [0.3, 0.4) is 0 Å². The highest BCUT2D eigenvalue weighted by Gasteiger charge is 2.21. The second-order valence-electron chi connectivity index (χ2n) is 3.26. The minimum atomic E-state index is -3.69. The maximum absolute atomic E-state index is 11.1. The van der Waals surface area contributed by atoms with E-state index in [-0.39, 0.29) is 6.04 Å². The van der Waals surface area contributed by atoms with E-state index in [1.54, 1.807) is 31.2 Å². The van der Waals surface area contributed by atoms with Gasteiger partial charge < -0.3 is 0 Å². The third kappa shape index (κ3) is 2.92. The number of halogens is 1. The molecule has 0 aromatic heterocycles. The van der Waals surface area contributed by atoms with Crippen molar-refractivity contribution in [2.45, 2.75) is 13.0 Å². The molecular formula is C9H13ClN2O2S. The molecule has 2 N–H and O–H groups in total. The third-order valence-electron chi connectivity index (χ3n) is 2.30. The molecule has 1 aromatic rings. The molecule has 4 nitrogen and oxygen atoms in total. The van der Waals surface area contributed by atoms with Crippen molar-refractivity contribution < 1.29 is 8.42 Å². The molecule has 0 bridgehead atoms. The number of hydrogen-bond acceptors (Lipinski definition) is 2. The molecule has 0 radical (unpaired) electrons. The van der Waals surface area contributed by atoms with Gasteiger partial charge in [0.15, 0.2) is 0 Å². The number of nitrogens with zero attached hydrogens (tertiary/aromatic N) is 1. The molecule has 0 aliphatic carbocycles. The van der Waals surface area contributed by atoms with Gasteiger partial charge in [-0.15, -0.1) is 0 Å². The summed E-state index contributed by atoms with van der Waals surface area (Å²) in [6.45, 7) is 1.73. The average molecular weight is 249 g/mol. The second kappa shape index (κ2) is 4.49. The SMILES string of the molecule is CC(c1ccccc1Cl)N(C)S(N)(=O)=O. The quantitative estimate of drug-likeness (QED) is 0.882. The van der Waals surface area contributed by atoms with Crippen molar-refractivity contribution in [2.24, 2.45) is 5.14 Å². The van der Waals surface area contributed by atoms with Gasteiger partial charge in [-0.2, -0.15) is 12.7 Å². The van der Waals surface area contributed by atoms with Crippen LogP contribution in [0.25, 0.3) is 0 Å². The Morgan fingerprint density at radius 2 is 1.93 bits per heavy atom. The highest BCUT2D eigenvalue weighted by molar-refractivity contribution is 7.86. The van der Waals surface area contributed by atoms with Gasteiger partial charge >= 0.3 is 0 Å². The van der Waals surface area contributed by atoms with Gasteiger partial charge in [0.05, 0.1) is 0 Å². The van der Waals surface area contributed by atoms with Gasteiger partial charge in [-0.1, -0.05) is 29.8 Å². The predicted molar refractivity (Wildman–Crippen MR) is 60.7 cm³/mol. The Hall–Kier alpha value is -0.620. The molecule has 0 saturated heterocycles. The Kier molecular flexibility index (Phi) is 3.72. The van der Waals surface area contributed by atoms with Crippen LogP contribution in [0.2, 0.25) is 5.02 Å². The van der Waals surface area contributed by atoms with Crippen molar-refractivity contribution in [2.75, 3.05) is 7.05 Å². The summed E-state index contributed by atoms with van der Waals surface area (Å²) in [5.74, 6) is 0. The lowest BCUT2D eigenvalue weighted by atomic mass is 10.1. The maximum atomic E-state index is 11.1. The van der Waals surface area contributed by atoms with Crippen LogP contribution in [0.15, 0.2) is 24.3 Å². The van der Waals surface area contributed by atoms with Gasteiger partial charge in [0.25, 0.3) is 10.2 Å². The molecular weight excluding hydrogens is 236 g/mol. The first-order chi connectivity index (χ1) is 6.84. The topological polar surface area (TPSA) is 63.4 Å². The largest absolute Gasteiger partial charge is 0.277 e. The molecule has 1 aromatic carbocycles. The minimum absolute atomic E-state index is 0.381. The molecule has 0 amide bonds. The zero-order chi connectivity index (χ0) is 11.6. The zero-order valence-electron chi connectivity index (χ0n) is 8.51. The van der Waals surface area contributed by atoms with Crippen LogP contribution < -0.4 is 5.14 Å². The van der Waals surface area contributed by atoms with Crippen molar-refractivity contribution in [3.8, 4) is 0 Å². The van der Waals surface area contributed by atoms with Crippen molar-refractivity contribution in [3.63, 3.8) is 0 Å². The van der Waals surface area contributed by atoms with Crippen molar-refractivity contribution in [1.29, 1.82) is 0 Å². The van der Waals surface area contributed by atoms with Crippen LogP contribution >= 0.6 is 11.6 Å². The lowest BCUT2D eigenvalue weighted by molar-refractivity contribution is 0.399. The van der Waals surface area contributed by atoms with E-state index in [2.05, 4.69) is 0 Å². The summed E-state index contributed by atoms with van der Waals surface area (Å²) >= 11 is 5.95. The first kappa shape index (κ1) is 12.4. The summed E-state index contributed by atoms with van der Waals surface area (Å²) in [5, 5.41) is 5.55. The Balaban J connectivity index is 3.06. The molecule has 15 heavy (non-hydrogen) atoms. The fraction of sp³-hybridized carbons (Fsp3) is 0.333. The second-order valence-corrected chi connectivity index (χ2v) is 5.27. The summed E-state index contributed by atoms with van der Waals surface area (Å²) < 4.78 is 23.3. The Labute approximate surface area is 94.8 Å². The van der Waals surface area contributed by atoms with E-state index in [9.17, 15) is 8.42 Å². The maximum Gasteiger partial charge on any atom is 0.277 e. The molecule has 1 unspecified atom stereocenters. The predicted octanol–water partition coefficient (Wildman–Crippen LogP) is 1.54. The monoisotopic (exact) mass is 248 g/mol. The van der Waals surface area contributed by atoms with Crippen molar-refractivity contribution in [3.05, 3.63) is 34.9 Å². The van der Waals surface area contributed by atoms with Crippen molar-refractivity contribution >= 4 is 21.8 Å². The van der Waals surface area contributed by atoms with Crippen molar-refractivity contribution in [1.82, 2.24) is 4.31 Å². The summed E-state index contributed by atoms with van der Waals surface area (Å²) in [4.78, 5) is 0. The van der Waals surface area contributed by atoms with E-state index in [4.69, 9.17) is 16.7 Å². The fourth-order valence-corrected chi connectivity index (χ4v) is 2.08. The third-order valence-corrected chi connectivity index (χ3v) is 3.77. The molecule has 84 valence electrons. The van der Waals surface area contributed by atoms with Gasteiger partial charge in [-0.25, -0.2) is 5.14 Å². The van der Waals surface area contributed by atoms with Crippen LogP contribution in [0.4, 0.5) is 0 Å². The minimum Gasteiger partial charge on any atom is -0.216 e. The Morgan fingerprint density at radius 1 is 1.40 bits per heavy atom. The number of nitrogens with two attached hydrogens (primary N) is 1. The molecule has 0 aliphatic rings. The van der Waals surface area contributed by atoms with Crippen LogP contribution in [0.1, 0.15) is 18.5 Å². The molecule has 6 heteroatoms. The Morgan fingerprint density at radius 3 is 2.40 bits per heavy atom.